The van der Waals surface area contributed by atoms with Gasteiger partial charge in [-0.3, -0.25) is 4.90 Å². The van der Waals surface area contributed by atoms with Crippen molar-refractivity contribution in [2.24, 2.45) is 0 Å². The van der Waals surface area contributed by atoms with Crippen molar-refractivity contribution >= 4 is 22.9 Å². The van der Waals surface area contributed by atoms with Crippen LogP contribution in [-0.2, 0) is 6.54 Å². The summed E-state index contributed by atoms with van der Waals surface area (Å²) in [5.41, 5.74) is -0.471. The Morgan fingerprint density at radius 3 is 2.77 bits per heavy atom. The van der Waals surface area contributed by atoms with Crippen LogP contribution in [0.4, 0.5) is 0 Å². The van der Waals surface area contributed by atoms with E-state index >= 15 is 0 Å². The number of aliphatic hydroxyl groups is 1. The summed E-state index contributed by atoms with van der Waals surface area (Å²) < 4.78 is 0.835. The first-order chi connectivity index (χ1) is 6.05. The zero-order chi connectivity index (χ0) is 9.47. The second-order valence-electron chi connectivity index (χ2n) is 3.85. The van der Waals surface area contributed by atoms with Crippen LogP contribution in [0.2, 0.25) is 4.34 Å². The molecule has 1 aliphatic rings. The number of halogens is 1. The molecular weight excluding hydrogens is 206 g/mol. The number of thiophene rings is 1. The molecule has 1 aliphatic heterocycles. The lowest BCUT2D eigenvalue weighted by Gasteiger charge is -2.44. The summed E-state index contributed by atoms with van der Waals surface area (Å²) >= 11 is 7.42. The molecule has 2 nitrogen and oxygen atoms in total. The van der Waals surface area contributed by atoms with Crippen LogP contribution in [0.1, 0.15) is 11.8 Å². The van der Waals surface area contributed by atoms with E-state index in [1.807, 2.05) is 19.1 Å². The van der Waals surface area contributed by atoms with Gasteiger partial charge in [0.15, 0.2) is 0 Å². The van der Waals surface area contributed by atoms with E-state index < -0.39 is 5.60 Å². The number of hydrogen-bond acceptors (Lipinski definition) is 3. The van der Waals surface area contributed by atoms with Crippen molar-refractivity contribution in [2.45, 2.75) is 19.1 Å². The molecule has 1 saturated heterocycles. The fraction of sp³-hybridized carbons (Fsp3) is 0.556. The molecule has 0 aliphatic carbocycles. The van der Waals surface area contributed by atoms with Gasteiger partial charge in [0.05, 0.1) is 9.94 Å². The Morgan fingerprint density at radius 2 is 2.31 bits per heavy atom. The van der Waals surface area contributed by atoms with E-state index in [0.717, 1.165) is 24.0 Å². The van der Waals surface area contributed by atoms with Gasteiger partial charge in [0.2, 0.25) is 0 Å². The summed E-state index contributed by atoms with van der Waals surface area (Å²) in [6.45, 7) is 4.31. The van der Waals surface area contributed by atoms with Gasteiger partial charge in [0, 0.05) is 24.5 Å². The molecule has 0 atom stereocenters. The fourth-order valence-corrected chi connectivity index (χ4v) is 2.82. The Morgan fingerprint density at radius 1 is 1.62 bits per heavy atom. The van der Waals surface area contributed by atoms with Gasteiger partial charge in [-0.25, -0.2) is 0 Å². The van der Waals surface area contributed by atoms with Gasteiger partial charge in [0.25, 0.3) is 0 Å². The van der Waals surface area contributed by atoms with Crippen molar-refractivity contribution in [3.05, 3.63) is 21.3 Å². The SMILES string of the molecule is CC1(O)CN(Cc2ccc(Cl)s2)C1. The van der Waals surface area contributed by atoms with Gasteiger partial charge in [-0.15, -0.1) is 11.3 Å². The quantitative estimate of drug-likeness (QED) is 0.819. The number of rotatable bonds is 2. The van der Waals surface area contributed by atoms with Crippen LogP contribution in [0.3, 0.4) is 0 Å². The minimum atomic E-state index is -0.471. The van der Waals surface area contributed by atoms with Crippen molar-refractivity contribution in [1.29, 1.82) is 0 Å². The molecule has 72 valence electrons. The lowest BCUT2D eigenvalue weighted by atomic mass is 9.97. The van der Waals surface area contributed by atoms with Crippen molar-refractivity contribution in [1.82, 2.24) is 4.90 Å². The third-order valence-electron chi connectivity index (χ3n) is 2.14. The maximum absolute atomic E-state index is 9.50. The monoisotopic (exact) mass is 217 g/mol. The van der Waals surface area contributed by atoms with Crippen molar-refractivity contribution < 1.29 is 5.11 Å². The van der Waals surface area contributed by atoms with Crippen LogP contribution in [0.25, 0.3) is 0 Å². The molecule has 0 saturated carbocycles. The van der Waals surface area contributed by atoms with Gasteiger partial charge >= 0.3 is 0 Å². The first kappa shape index (κ1) is 9.46. The third kappa shape index (κ3) is 2.23. The van der Waals surface area contributed by atoms with E-state index in [1.54, 1.807) is 11.3 Å². The summed E-state index contributed by atoms with van der Waals surface area (Å²) in [5, 5.41) is 9.50. The minimum Gasteiger partial charge on any atom is -0.388 e. The highest BCUT2D eigenvalue weighted by atomic mass is 35.5. The van der Waals surface area contributed by atoms with Gasteiger partial charge in [-0.05, 0) is 19.1 Å². The van der Waals surface area contributed by atoms with E-state index in [2.05, 4.69) is 4.90 Å². The van der Waals surface area contributed by atoms with Crippen LogP contribution in [0, 0.1) is 0 Å². The average Bonchev–Trinajstić information content (AvgIpc) is 2.31. The first-order valence-corrected chi connectivity index (χ1v) is 5.44. The molecular formula is C9H12ClNOS. The molecule has 0 amide bonds. The molecule has 1 aromatic heterocycles. The Balaban J connectivity index is 1.87. The molecule has 13 heavy (non-hydrogen) atoms. The number of likely N-dealkylation sites (tertiary alicyclic amines) is 1. The summed E-state index contributed by atoms with van der Waals surface area (Å²) in [7, 11) is 0. The first-order valence-electron chi connectivity index (χ1n) is 4.24. The smallest absolute Gasteiger partial charge is 0.0931 e. The Hall–Kier alpha value is -0.0900. The minimum absolute atomic E-state index is 0.471. The van der Waals surface area contributed by atoms with Gasteiger partial charge in [-0.2, -0.15) is 0 Å². The standard InChI is InChI=1S/C9H12ClNOS/c1-9(12)5-11(6-9)4-7-2-3-8(10)13-7/h2-3,12H,4-6H2,1H3. The maximum atomic E-state index is 9.50. The summed E-state index contributed by atoms with van der Waals surface area (Å²) in [4.78, 5) is 3.47. The molecule has 4 heteroatoms. The van der Waals surface area contributed by atoms with Crippen LogP contribution in [0.5, 0.6) is 0 Å². The molecule has 1 fully saturated rings. The number of nitrogens with zero attached hydrogens (tertiary/aromatic N) is 1. The molecule has 0 aromatic carbocycles. The lowest BCUT2D eigenvalue weighted by molar-refractivity contribution is -0.0867. The zero-order valence-corrected chi connectivity index (χ0v) is 9.03. The van der Waals surface area contributed by atoms with Gasteiger partial charge < -0.3 is 5.11 Å². The van der Waals surface area contributed by atoms with Crippen molar-refractivity contribution in [2.75, 3.05) is 13.1 Å². The van der Waals surface area contributed by atoms with E-state index in [9.17, 15) is 5.11 Å². The number of β-amino-alcohol motifs (C(OH)–C–C–N with tert-alkyl or cyclic N) is 1. The lowest BCUT2D eigenvalue weighted by Crippen LogP contribution is -2.59. The Bertz CT molecular complexity index is 302. The summed E-state index contributed by atoms with van der Waals surface area (Å²) in [6, 6.07) is 3.96. The van der Waals surface area contributed by atoms with Crippen LogP contribution >= 0.6 is 22.9 Å². The highest BCUT2D eigenvalue weighted by molar-refractivity contribution is 7.16. The van der Waals surface area contributed by atoms with Gasteiger partial charge in [0.1, 0.15) is 0 Å². The predicted octanol–water partition coefficient (Wildman–Crippen LogP) is 1.97. The van der Waals surface area contributed by atoms with E-state index in [1.165, 1.54) is 4.88 Å². The van der Waals surface area contributed by atoms with Crippen LogP contribution in [-0.4, -0.2) is 28.7 Å². The number of hydrogen-bond donors (Lipinski definition) is 1. The molecule has 0 radical (unpaired) electrons. The Labute approximate surface area is 86.7 Å². The topological polar surface area (TPSA) is 23.5 Å². The summed E-state index contributed by atoms with van der Waals surface area (Å²) in [6.07, 6.45) is 0. The highest BCUT2D eigenvalue weighted by Crippen LogP contribution is 2.27. The van der Waals surface area contributed by atoms with Gasteiger partial charge in [-0.1, -0.05) is 11.6 Å². The van der Waals surface area contributed by atoms with E-state index in [-0.39, 0.29) is 0 Å². The van der Waals surface area contributed by atoms with E-state index in [4.69, 9.17) is 11.6 Å². The normalized spacial score (nSPS) is 21.5. The summed E-state index contributed by atoms with van der Waals surface area (Å²) in [5.74, 6) is 0. The highest BCUT2D eigenvalue weighted by Gasteiger charge is 2.36. The fourth-order valence-electron chi connectivity index (χ4n) is 1.69. The average molecular weight is 218 g/mol. The second kappa shape index (κ2) is 3.24. The maximum Gasteiger partial charge on any atom is 0.0931 e. The molecule has 1 N–H and O–H groups in total. The predicted molar refractivity (Wildman–Crippen MR) is 55.2 cm³/mol. The molecule has 0 spiro atoms. The van der Waals surface area contributed by atoms with Crippen molar-refractivity contribution in [3.8, 4) is 0 Å². The van der Waals surface area contributed by atoms with Crippen LogP contribution < -0.4 is 0 Å². The second-order valence-corrected chi connectivity index (χ2v) is 5.65. The molecule has 0 bridgehead atoms. The van der Waals surface area contributed by atoms with Crippen LogP contribution in [0.15, 0.2) is 12.1 Å². The molecule has 1 aromatic rings. The molecule has 2 heterocycles. The largest absolute Gasteiger partial charge is 0.388 e. The molecule has 0 unspecified atom stereocenters. The van der Waals surface area contributed by atoms with E-state index in [0.29, 0.717) is 0 Å². The zero-order valence-electron chi connectivity index (χ0n) is 7.46. The third-order valence-corrected chi connectivity index (χ3v) is 3.35. The molecule has 2 rings (SSSR count). The van der Waals surface area contributed by atoms with Crippen molar-refractivity contribution in [3.63, 3.8) is 0 Å². The Kier molecular flexibility index (Phi) is 2.36.